The van der Waals surface area contributed by atoms with E-state index in [2.05, 4.69) is 231 Å². The van der Waals surface area contributed by atoms with Gasteiger partial charge in [-0.05, 0) is 142 Å². The normalized spacial score (nSPS) is 14.7. The molecule has 1 spiro atoms. The summed E-state index contributed by atoms with van der Waals surface area (Å²) < 4.78 is 5.50. The van der Waals surface area contributed by atoms with Crippen molar-refractivity contribution in [2.45, 2.75) is 111 Å². The van der Waals surface area contributed by atoms with E-state index in [9.17, 15) is 0 Å². The molecule has 5 heterocycles. The Kier molecular flexibility index (Phi) is 8.25. The fraction of sp³-hybridized carbons (Fsp3) is 0.254. The summed E-state index contributed by atoms with van der Waals surface area (Å²) in [6.45, 7) is 25.8. The SMILES string of the molecule is CCc1cc2c3c(c1)c1cc(CC)cc4c1n3-c1c(ccc3c1B2c1cc(C(C)(C)C)cc2c(-c5ccc(C(C)(C)C)cc5)c(-c5ccc(C(C)(C)C)cc5)n-3c12)C41c2ccccc2-c2ccccc21. The van der Waals surface area contributed by atoms with E-state index in [1.165, 1.54) is 144 Å². The number of benzene rings is 8. The molecule has 3 heteroatoms. The fourth-order valence-electron chi connectivity index (χ4n) is 13.8. The van der Waals surface area contributed by atoms with Gasteiger partial charge in [0.2, 0.25) is 0 Å². The van der Waals surface area contributed by atoms with Crippen LogP contribution in [0.4, 0.5) is 0 Å². The number of aryl methyl sites for hydroxylation is 2. The second-order valence-electron chi connectivity index (χ2n) is 24.3. The van der Waals surface area contributed by atoms with Crippen LogP contribution in [-0.4, -0.2) is 15.8 Å². The molecule has 0 saturated carbocycles. The zero-order valence-electron chi connectivity index (χ0n) is 42.7. The predicted molar refractivity (Wildman–Crippen MR) is 299 cm³/mol. The summed E-state index contributed by atoms with van der Waals surface area (Å²) in [4.78, 5) is 0. The standard InChI is InChI=1S/C67H61BN2/c1-12-38-32-47-48-33-39(13-2)35-54-61(48)70-60(47)53(34-38)67(50-20-16-14-18-45(50)46-19-15-17-21-51(46)67)52-30-31-56-58(63(52)70)68(54)55-37-44(66(9,10)11)36-49-57(40-22-26-42(27-23-40)64(3,4)5)59(69(56)62(49)55)41-24-28-43(29-25-41)65(6,7)8/h14-37H,12-13H2,1-11H3. The summed E-state index contributed by atoms with van der Waals surface area (Å²) >= 11 is 0. The minimum atomic E-state index is -0.508. The second-order valence-corrected chi connectivity index (χ2v) is 24.3. The molecule has 0 saturated heterocycles. The number of rotatable bonds is 4. The van der Waals surface area contributed by atoms with Gasteiger partial charge in [0.05, 0.1) is 16.6 Å². The molecule has 0 fully saturated rings. The first-order valence-electron chi connectivity index (χ1n) is 26.0. The van der Waals surface area contributed by atoms with E-state index in [4.69, 9.17) is 0 Å². The van der Waals surface area contributed by atoms with Gasteiger partial charge in [-0.3, -0.25) is 0 Å². The maximum absolute atomic E-state index is 2.77. The topological polar surface area (TPSA) is 9.86 Å². The van der Waals surface area contributed by atoms with Gasteiger partial charge in [-0.25, -0.2) is 0 Å². The molecule has 0 bridgehead atoms. The molecule has 0 amide bonds. The molecule has 3 aliphatic heterocycles. The molecule has 8 aromatic carbocycles. The Labute approximate surface area is 414 Å². The van der Waals surface area contributed by atoms with Gasteiger partial charge in [0.15, 0.2) is 0 Å². The molecule has 2 aromatic heterocycles. The summed E-state index contributed by atoms with van der Waals surface area (Å²) in [5.41, 5.74) is 30.8. The largest absolute Gasteiger partial charge is 0.310 e. The average molecular weight is 905 g/mol. The van der Waals surface area contributed by atoms with E-state index in [1.807, 2.05) is 0 Å². The lowest BCUT2D eigenvalue weighted by Gasteiger charge is -2.44. The monoisotopic (exact) mass is 904 g/mol. The van der Waals surface area contributed by atoms with Crippen molar-refractivity contribution in [1.29, 1.82) is 0 Å². The maximum Gasteiger partial charge on any atom is 0.252 e. The third-order valence-corrected chi connectivity index (χ3v) is 17.3. The molecule has 14 rings (SSSR count). The summed E-state index contributed by atoms with van der Waals surface area (Å²) in [6, 6.07) is 58.5. The predicted octanol–water partition coefficient (Wildman–Crippen LogP) is 14.9. The third kappa shape index (κ3) is 5.21. The number of aromatic nitrogens is 2. The Morgan fingerprint density at radius 3 is 1.56 bits per heavy atom. The highest BCUT2D eigenvalue weighted by atomic mass is 15.1. The number of hydrogen-bond acceptors (Lipinski definition) is 0. The van der Waals surface area contributed by atoms with Crippen molar-refractivity contribution in [2.24, 2.45) is 0 Å². The molecule has 0 N–H and O–H groups in total. The van der Waals surface area contributed by atoms with Crippen molar-refractivity contribution in [2.75, 3.05) is 0 Å². The van der Waals surface area contributed by atoms with Crippen LogP contribution in [0.5, 0.6) is 0 Å². The lowest BCUT2D eigenvalue weighted by atomic mass is 9.33. The number of nitrogens with zero attached hydrogens (tertiary/aromatic N) is 2. The van der Waals surface area contributed by atoms with Crippen LogP contribution in [0.1, 0.15) is 126 Å². The molecule has 0 unspecified atom stereocenters. The van der Waals surface area contributed by atoms with Crippen LogP contribution in [0, 0.1) is 0 Å². The van der Waals surface area contributed by atoms with Crippen molar-refractivity contribution in [3.8, 4) is 44.9 Å². The van der Waals surface area contributed by atoms with Crippen LogP contribution < -0.4 is 16.4 Å². The average Bonchev–Trinajstić information content (AvgIpc) is 3.98. The van der Waals surface area contributed by atoms with Gasteiger partial charge in [0, 0.05) is 44.1 Å². The quantitative estimate of drug-likeness (QED) is 0.156. The smallest absolute Gasteiger partial charge is 0.252 e. The molecule has 1 aliphatic carbocycles. The first kappa shape index (κ1) is 42.1. The van der Waals surface area contributed by atoms with E-state index < -0.39 is 5.41 Å². The van der Waals surface area contributed by atoms with Crippen molar-refractivity contribution < 1.29 is 0 Å². The van der Waals surface area contributed by atoms with E-state index in [0.29, 0.717) is 0 Å². The Morgan fingerprint density at radius 2 is 0.971 bits per heavy atom. The molecule has 0 radical (unpaired) electrons. The zero-order chi connectivity index (χ0) is 48.1. The molecule has 2 nitrogen and oxygen atoms in total. The first-order chi connectivity index (χ1) is 33.5. The van der Waals surface area contributed by atoms with Crippen LogP contribution in [0.3, 0.4) is 0 Å². The summed E-state index contributed by atoms with van der Waals surface area (Å²) in [6.07, 6.45) is 1.95. The van der Waals surface area contributed by atoms with Crippen LogP contribution in [-0.2, 0) is 34.5 Å². The fourth-order valence-corrected chi connectivity index (χ4v) is 13.8. The lowest BCUT2D eigenvalue weighted by Crippen LogP contribution is -2.60. The molecular formula is C67H61BN2. The molecule has 70 heavy (non-hydrogen) atoms. The number of fused-ring (bicyclic) bond motifs is 11. The van der Waals surface area contributed by atoms with E-state index in [-0.39, 0.29) is 23.0 Å². The Hall–Kier alpha value is -6.84. The molecular weight excluding hydrogens is 844 g/mol. The van der Waals surface area contributed by atoms with Crippen LogP contribution in [0.25, 0.3) is 77.6 Å². The van der Waals surface area contributed by atoms with Crippen LogP contribution >= 0.6 is 0 Å². The van der Waals surface area contributed by atoms with Crippen molar-refractivity contribution >= 4 is 55.8 Å². The van der Waals surface area contributed by atoms with E-state index in [1.54, 1.807) is 0 Å². The van der Waals surface area contributed by atoms with Crippen LogP contribution in [0.2, 0.25) is 0 Å². The number of hydrogen-bond donors (Lipinski definition) is 0. The second kappa shape index (κ2) is 13.7. The molecule has 0 atom stereocenters. The molecule has 10 aromatic rings. The van der Waals surface area contributed by atoms with Crippen molar-refractivity contribution in [1.82, 2.24) is 9.13 Å². The van der Waals surface area contributed by atoms with E-state index >= 15 is 0 Å². The lowest BCUT2D eigenvalue weighted by molar-refractivity contribution is 0.590. The van der Waals surface area contributed by atoms with Gasteiger partial charge in [0.25, 0.3) is 6.71 Å². The van der Waals surface area contributed by atoms with Crippen LogP contribution in [0.15, 0.2) is 146 Å². The third-order valence-electron chi connectivity index (χ3n) is 17.3. The van der Waals surface area contributed by atoms with Crippen molar-refractivity contribution in [3.05, 3.63) is 196 Å². The maximum atomic E-state index is 2.77. The molecule has 342 valence electrons. The summed E-state index contributed by atoms with van der Waals surface area (Å²) in [5, 5.41) is 4.11. The summed E-state index contributed by atoms with van der Waals surface area (Å²) in [7, 11) is 0. The highest BCUT2D eigenvalue weighted by molar-refractivity contribution is 7.00. The van der Waals surface area contributed by atoms with Gasteiger partial charge in [-0.2, -0.15) is 0 Å². The Balaban J connectivity index is 1.22. The zero-order valence-corrected chi connectivity index (χ0v) is 42.7. The summed E-state index contributed by atoms with van der Waals surface area (Å²) in [5.74, 6) is 0. The molecule has 4 aliphatic rings. The minimum absolute atomic E-state index is 0.0198. The minimum Gasteiger partial charge on any atom is -0.310 e. The van der Waals surface area contributed by atoms with Gasteiger partial charge in [-0.1, -0.05) is 197 Å². The van der Waals surface area contributed by atoms with Gasteiger partial charge < -0.3 is 9.13 Å². The van der Waals surface area contributed by atoms with E-state index in [0.717, 1.165) is 12.8 Å². The highest BCUT2D eigenvalue weighted by Crippen LogP contribution is 2.62. The first-order valence-corrected chi connectivity index (χ1v) is 26.0. The van der Waals surface area contributed by atoms with Gasteiger partial charge >= 0.3 is 0 Å². The Bertz CT molecular complexity index is 3900. The van der Waals surface area contributed by atoms with Gasteiger partial charge in [0.1, 0.15) is 0 Å². The van der Waals surface area contributed by atoms with Gasteiger partial charge in [-0.15, -0.1) is 0 Å². The van der Waals surface area contributed by atoms with Crippen molar-refractivity contribution in [3.63, 3.8) is 0 Å². The Morgan fingerprint density at radius 1 is 0.443 bits per heavy atom. The highest BCUT2D eigenvalue weighted by Gasteiger charge is 2.54.